The second-order valence-electron chi connectivity index (χ2n) is 6.65. The van der Waals surface area contributed by atoms with Gasteiger partial charge in [-0.25, -0.2) is 0 Å². The third kappa shape index (κ3) is 2.12. The van der Waals surface area contributed by atoms with Crippen LogP contribution in [0.2, 0.25) is 0 Å². The number of ketones is 1. The molecule has 2 unspecified atom stereocenters. The van der Waals surface area contributed by atoms with Crippen LogP contribution in [-0.4, -0.2) is 30.1 Å². The summed E-state index contributed by atoms with van der Waals surface area (Å²) in [5.74, 6) is 0.682. The van der Waals surface area contributed by atoms with Crippen molar-refractivity contribution in [3.05, 3.63) is 0 Å². The van der Waals surface area contributed by atoms with Gasteiger partial charge in [0, 0.05) is 12.5 Å². The molecule has 0 aromatic carbocycles. The zero-order valence-corrected chi connectivity index (χ0v) is 11.5. The third-order valence-corrected chi connectivity index (χ3v) is 5.29. The molecule has 1 aliphatic carbocycles. The van der Waals surface area contributed by atoms with E-state index >= 15 is 0 Å². The summed E-state index contributed by atoms with van der Waals surface area (Å²) in [5, 5.41) is 3.42. The van der Waals surface area contributed by atoms with Gasteiger partial charge in [0.1, 0.15) is 0 Å². The van der Waals surface area contributed by atoms with Gasteiger partial charge in [0.15, 0.2) is 5.78 Å². The van der Waals surface area contributed by atoms with Gasteiger partial charge >= 0.3 is 0 Å². The van der Waals surface area contributed by atoms with Crippen LogP contribution >= 0.6 is 0 Å². The van der Waals surface area contributed by atoms with Crippen LogP contribution in [0.15, 0.2) is 0 Å². The first-order chi connectivity index (χ1) is 8.64. The minimum Gasteiger partial charge on any atom is -0.375 e. The Hall–Kier alpha value is -0.410. The molecule has 0 radical (unpaired) electrons. The van der Waals surface area contributed by atoms with E-state index in [1.165, 1.54) is 25.7 Å². The van der Waals surface area contributed by atoms with Crippen LogP contribution in [0.5, 0.6) is 0 Å². The van der Waals surface area contributed by atoms with Gasteiger partial charge in [-0.2, -0.15) is 0 Å². The second-order valence-corrected chi connectivity index (χ2v) is 6.65. The molecule has 3 nitrogen and oxygen atoms in total. The summed E-state index contributed by atoms with van der Waals surface area (Å²) in [4.78, 5) is 12.7. The molecule has 3 rings (SSSR count). The number of hydrogen-bond acceptors (Lipinski definition) is 3. The lowest BCUT2D eigenvalue weighted by Gasteiger charge is -2.40. The van der Waals surface area contributed by atoms with Gasteiger partial charge in [0.25, 0.3) is 0 Å². The second kappa shape index (κ2) is 4.61. The van der Waals surface area contributed by atoms with Gasteiger partial charge in [-0.15, -0.1) is 0 Å². The standard InChI is InChI=1S/C15H25NO2/c1-14(6-4-9-16-14)13(17)12-5-10-18-15(11-12)7-2-3-8-15/h12,16H,2-11H2,1H3. The molecule has 3 aliphatic rings. The highest BCUT2D eigenvalue weighted by Gasteiger charge is 2.46. The van der Waals surface area contributed by atoms with Crippen LogP contribution in [0.1, 0.15) is 58.3 Å². The van der Waals surface area contributed by atoms with Gasteiger partial charge in [-0.1, -0.05) is 12.8 Å². The number of hydrogen-bond donors (Lipinski definition) is 1. The Labute approximate surface area is 110 Å². The molecule has 3 heteroatoms. The summed E-state index contributed by atoms with van der Waals surface area (Å²) < 4.78 is 6.03. The molecule has 2 aliphatic heterocycles. The highest BCUT2D eigenvalue weighted by atomic mass is 16.5. The summed E-state index contributed by atoms with van der Waals surface area (Å²) in [6.07, 6.45) is 8.93. The summed E-state index contributed by atoms with van der Waals surface area (Å²) >= 11 is 0. The molecule has 0 bridgehead atoms. The van der Waals surface area contributed by atoms with E-state index in [-0.39, 0.29) is 17.1 Å². The maximum atomic E-state index is 12.7. The number of carbonyl (C=O) groups excluding carboxylic acids is 1. The molecule has 1 spiro atoms. The number of Topliss-reactive ketones (excluding diaryl/α,β-unsaturated/α-hetero) is 1. The quantitative estimate of drug-likeness (QED) is 0.819. The SMILES string of the molecule is CC1(C(=O)C2CCOC3(CCCC3)C2)CCCN1. The fourth-order valence-electron chi connectivity index (χ4n) is 4.17. The van der Waals surface area contributed by atoms with Crippen LogP contribution in [0.3, 0.4) is 0 Å². The maximum absolute atomic E-state index is 12.7. The lowest BCUT2D eigenvalue weighted by Crippen LogP contribution is -2.51. The van der Waals surface area contributed by atoms with E-state index in [0.29, 0.717) is 5.78 Å². The maximum Gasteiger partial charge on any atom is 0.155 e. The smallest absolute Gasteiger partial charge is 0.155 e. The topological polar surface area (TPSA) is 38.3 Å². The van der Waals surface area contributed by atoms with Gasteiger partial charge in [-0.3, -0.25) is 4.79 Å². The average molecular weight is 251 g/mol. The van der Waals surface area contributed by atoms with Gasteiger partial charge in [0.2, 0.25) is 0 Å². The van der Waals surface area contributed by atoms with Gasteiger partial charge < -0.3 is 10.1 Å². The van der Waals surface area contributed by atoms with Crippen molar-refractivity contribution in [2.24, 2.45) is 5.92 Å². The molecule has 2 atom stereocenters. The van der Waals surface area contributed by atoms with Crippen molar-refractivity contribution in [1.29, 1.82) is 0 Å². The van der Waals surface area contributed by atoms with Crippen molar-refractivity contribution in [2.75, 3.05) is 13.2 Å². The zero-order valence-electron chi connectivity index (χ0n) is 11.5. The molecule has 18 heavy (non-hydrogen) atoms. The average Bonchev–Trinajstić information content (AvgIpc) is 2.99. The van der Waals surface area contributed by atoms with E-state index in [1.54, 1.807) is 0 Å². The minimum atomic E-state index is -0.248. The van der Waals surface area contributed by atoms with E-state index in [4.69, 9.17) is 4.74 Å². The Morgan fingerprint density at radius 3 is 2.67 bits per heavy atom. The molecule has 3 fully saturated rings. The molecular weight excluding hydrogens is 226 g/mol. The van der Waals surface area contributed by atoms with Crippen LogP contribution in [0, 0.1) is 5.92 Å². The van der Waals surface area contributed by atoms with Crippen molar-refractivity contribution in [2.45, 2.75) is 69.4 Å². The first kappa shape index (κ1) is 12.6. The van der Waals surface area contributed by atoms with Crippen molar-refractivity contribution in [3.8, 4) is 0 Å². The van der Waals surface area contributed by atoms with Gasteiger partial charge in [0.05, 0.1) is 11.1 Å². The number of rotatable bonds is 2. The van der Waals surface area contributed by atoms with Crippen molar-refractivity contribution < 1.29 is 9.53 Å². The molecule has 0 aromatic rings. The predicted molar refractivity (Wildman–Crippen MR) is 70.5 cm³/mol. The molecule has 0 aromatic heterocycles. The highest BCUT2D eigenvalue weighted by molar-refractivity contribution is 5.90. The monoisotopic (exact) mass is 251 g/mol. The zero-order chi connectivity index (χ0) is 12.6. The molecular formula is C15H25NO2. The molecule has 102 valence electrons. The molecule has 2 heterocycles. The largest absolute Gasteiger partial charge is 0.375 e. The lowest BCUT2D eigenvalue weighted by molar-refractivity contribution is -0.141. The van der Waals surface area contributed by atoms with E-state index in [9.17, 15) is 4.79 Å². The molecule has 1 N–H and O–H groups in total. The Kier molecular flexibility index (Phi) is 3.23. The minimum absolute atomic E-state index is 0.0630. The van der Waals surface area contributed by atoms with Gasteiger partial charge in [-0.05, 0) is 52.0 Å². The Morgan fingerprint density at radius 1 is 1.22 bits per heavy atom. The van der Waals surface area contributed by atoms with Crippen molar-refractivity contribution >= 4 is 5.78 Å². The van der Waals surface area contributed by atoms with E-state index < -0.39 is 0 Å². The molecule has 0 amide bonds. The van der Waals surface area contributed by atoms with E-state index in [1.807, 2.05) is 0 Å². The third-order valence-electron chi connectivity index (χ3n) is 5.29. The fraction of sp³-hybridized carbons (Fsp3) is 0.933. The van der Waals surface area contributed by atoms with Crippen molar-refractivity contribution in [3.63, 3.8) is 0 Å². The summed E-state index contributed by atoms with van der Waals surface area (Å²) in [7, 11) is 0. The molecule has 1 saturated carbocycles. The van der Waals surface area contributed by atoms with Crippen LogP contribution in [0.25, 0.3) is 0 Å². The highest BCUT2D eigenvalue weighted by Crippen LogP contribution is 2.43. The number of nitrogens with one attached hydrogen (secondary N) is 1. The van der Waals surface area contributed by atoms with Crippen LogP contribution in [-0.2, 0) is 9.53 Å². The summed E-state index contributed by atoms with van der Waals surface area (Å²) in [5.41, 5.74) is -0.185. The number of ether oxygens (including phenoxy) is 1. The fourth-order valence-corrected chi connectivity index (χ4v) is 4.17. The van der Waals surface area contributed by atoms with E-state index in [0.717, 1.165) is 38.8 Å². The predicted octanol–water partition coefficient (Wildman–Crippen LogP) is 2.44. The lowest BCUT2D eigenvalue weighted by atomic mass is 9.76. The first-order valence-corrected chi connectivity index (χ1v) is 7.57. The first-order valence-electron chi connectivity index (χ1n) is 7.57. The Balaban J connectivity index is 1.70. The van der Waals surface area contributed by atoms with Crippen LogP contribution < -0.4 is 5.32 Å². The summed E-state index contributed by atoms with van der Waals surface area (Å²) in [6.45, 7) is 3.88. The summed E-state index contributed by atoms with van der Waals surface area (Å²) in [6, 6.07) is 0. The normalized spacial score (nSPS) is 39.3. The van der Waals surface area contributed by atoms with E-state index in [2.05, 4.69) is 12.2 Å². The van der Waals surface area contributed by atoms with Crippen molar-refractivity contribution in [1.82, 2.24) is 5.32 Å². The van der Waals surface area contributed by atoms with Crippen LogP contribution in [0.4, 0.5) is 0 Å². The molecule has 2 saturated heterocycles. The number of carbonyl (C=O) groups is 1. The Bertz CT molecular complexity index is 327. The Morgan fingerprint density at radius 2 is 2.00 bits per heavy atom.